The molecule has 0 unspecified atom stereocenters. The molecule has 2 heteroatoms. The van der Waals surface area contributed by atoms with Crippen molar-refractivity contribution in [3.05, 3.63) is 35.4 Å². The van der Waals surface area contributed by atoms with Crippen LogP contribution in [0.25, 0.3) is 0 Å². The fourth-order valence-corrected chi connectivity index (χ4v) is 2.21. The van der Waals surface area contributed by atoms with Crippen LogP contribution < -0.4 is 5.73 Å². The smallest absolute Gasteiger partial charge is 0.00961 e. The maximum Gasteiger partial charge on any atom is 0.00961 e. The quantitative estimate of drug-likeness (QED) is 0.776. The minimum absolute atomic E-state index is 0.739. The lowest BCUT2D eigenvalue weighted by atomic mass is 9.87. The molecule has 0 aromatic heterocycles. The topological polar surface area (TPSA) is 29.3 Å². The summed E-state index contributed by atoms with van der Waals surface area (Å²) >= 11 is 0. The van der Waals surface area contributed by atoms with Crippen molar-refractivity contribution in [1.82, 2.24) is 4.90 Å². The monoisotopic (exact) mass is 190 g/mol. The summed E-state index contributed by atoms with van der Waals surface area (Å²) in [6, 6.07) is 8.70. The Kier molecular flexibility index (Phi) is 2.85. The number of likely N-dealkylation sites (N-methyl/N-ethyl adjacent to an activating group) is 1. The Balaban J connectivity index is 2.15. The average Bonchev–Trinajstić information content (AvgIpc) is 2.15. The molecule has 14 heavy (non-hydrogen) atoms. The van der Waals surface area contributed by atoms with Gasteiger partial charge in [-0.3, -0.25) is 0 Å². The largest absolute Gasteiger partial charge is 0.330 e. The summed E-state index contributed by atoms with van der Waals surface area (Å²) in [5.41, 5.74) is 8.55. The molecule has 0 radical (unpaired) electrons. The number of nitrogens with two attached hydrogens (primary N) is 1. The molecule has 0 spiro atoms. The van der Waals surface area contributed by atoms with Gasteiger partial charge < -0.3 is 10.6 Å². The average molecular weight is 190 g/mol. The van der Waals surface area contributed by atoms with E-state index in [0.29, 0.717) is 0 Å². The molecule has 1 heterocycles. The van der Waals surface area contributed by atoms with Gasteiger partial charge in [0.15, 0.2) is 0 Å². The summed E-state index contributed by atoms with van der Waals surface area (Å²) in [6.45, 7) is 3.14. The van der Waals surface area contributed by atoms with Crippen LogP contribution >= 0.6 is 0 Å². The van der Waals surface area contributed by atoms with E-state index in [-0.39, 0.29) is 0 Å². The normalized spacial score (nSPS) is 18.1. The number of rotatable bonds is 3. The van der Waals surface area contributed by atoms with Gasteiger partial charge in [-0.25, -0.2) is 0 Å². The van der Waals surface area contributed by atoms with Crippen molar-refractivity contribution in [3.63, 3.8) is 0 Å². The van der Waals surface area contributed by atoms with Gasteiger partial charge in [-0.15, -0.1) is 0 Å². The highest BCUT2D eigenvalue weighted by Crippen LogP contribution is 2.28. The molecule has 1 aliphatic heterocycles. The predicted octanol–water partition coefficient (Wildman–Crippen LogP) is 1.22. The van der Waals surface area contributed by atoms with Crippen molar-refractivity contribution in [2.24, 2.45) is 5.73 Å². The van der Waals surface area contributed by atoms with Crippen LogP contribution in [0.15, 0.2) is 24.3 Å². The van der Waals surface area contributed by atoms with E-state index in [9.17, 15) is 0 Å². The molecule has 0 atom stereocenters. The maximum absolute atomic E-state index is 5.61. The molecular weight excluding hydrogens is 172 g/mol. The van der Waals surface area contributed by atoms with Gasteiger partial charge in [0.25, 0.3) is 0 Å². The molecule has 2 nitrogen and oxygen atoms in total. The molecule has 0 saturated carbocycles. The molecule has 1 aromatic rings. The molecule has 2 rings (SSSR count). The third-order valence-electron chi connectivity index (χ3n) is 2.97. The highest BCUT2D eigenvalue weighted by Gasteiger charge is 2.25. The Morgan fingerprint density at radius 1 is 1.36 bits per heavy atom. The van der Waals surface area contributed by atoms with Gasteiger partial charge in [-0.05, 0) is 31.1 Å². The standard InChI is InChI=1S/C12H18N2/c1-14-8-11(9-14)12-5-3-2-4-10(12)6-7-13/h2-5,11H,6-9,13H2,1H3. The predicted molar refractivity (Wildman–Crippen MR) is 59.4 cm³/mol. The molecule has 76 valence electrons. The van der Waals surface area contributed by atoms with Crippen molar-refractivity contribution in [2.45, 2.75) is 12.3 Å². The van der Waals surface area contributed by atoms with Crippen LogP contribution in [0.3, 0.4) is 0 Å². The van der Waals surface area contributed by atoms with Gasteiger partial charge in [0, 0.05) is 19.0 Å². The van der Waals surface area contributed by atoms with Crippen molar-refractivity contribution >= 4 is 0 Å². The lowest BCUT2D eigenvalue weighted by molar-refractivity contribution is 0.189. The van der Waals surface area contributed by atoms with Crippen LogP contribution in [0.5, 0.6) is 0 Å². The van der Waals surface area contributed by atoms with Gasteiger partial charge in [-0.2, -0.15) is 0 Å². The van der Waals surface area contributed by atoms with Gasteiger partial charge in [0.2, 0.25) is 0 Å². The second kappa shape index (κ2) is 4.11. The zero-order valence-corrected chi connectivity index (χ0v) is 8.74. The van der Waals surface area contributed by atoms with Gasteiger partial charge in [0.05, 0.1) is 0 Å². The maximum atomic E-state index is 5.61. The summed E-state index contributed by atoms with van der Waals surface area (Å²) in [5, 5.41) is 0. The van der Waals surface area contributed by atoms with Crippen LogP contribution in [0, 0.1) is 0 Å². The van der Waals surface area contributed by atoms with E-state index in [1.807, 2.05) is 0 Å². The number of hydrogen-bond donors (Lipinski definition) is 1. The Bertz CT molecular complexity index is 303. The van der Waals surface area contributed by atoms with E-state index in [2.05, 4.69) is 36.2 Å². The first-order valence-corrected chi connectivity index (χ1v) is 5.27. The highest BCUT2D eigenvalue weighted by molar-refractivity contribution is 5.32. The third kappa shape index (κ3) is 1.81. The minimum Gasteiger partial charge on any atom is -0.330 e. The van der Waals surface area contributed by atoms with E-state index < -0.39 is 0 Å². The van der Waals surface area contributed by atoms with Crippen LogP contribution in [0.2, 0.25) is 0 Å². The van der Waals surface area contributed by atoms with E-state index in [1.54, 1.807) is 0 Å². The summed E-state index contributed by atoms with van der Waals surface area (Å²) in [5.74, 6) is 0.739. The third-order valence-corrected chi connectivity index (χ3v) is 2.97. The van der Waals surface area contributed by atoms with Crippen molar-refractivity contribution in [1.29, 1.82) is 0 Å². The molecule has 0 aliphatic carbocycles. The molecular formula is C12H18N2. The van der Waals surface area contributed by atoms with Crippen molar-refractivity contribution < 1.29 is 0 Å². The van der Waals surface area contributed by atoms with E-state index in [1.165, 1.54) is 24.2 Å². The second-order valence-corrected chi connectivity index (χ2v) is 4.16. The summed E-state index contributed by atoms with van der Waals surface area (Å²) in [7, 11) is 2.17. The van der Waals surface area contributed by atoms with Crippen molar-refractivity contribution in [3.8, 4) is 0 Å². The molecule has 1 fully saturated rings. The van der Waals surface area contributed by atoms with Crippen LogP contribution in [-0.4, -0.2) is 31.6 Å². The molecule has 2 N–H and O–H groups in total. The number of likely N-dealkylation sites (tertiary alicyclic amines) is 1. The van der Waals surface area contributed by atoms with E-state index in [4.69, 9.17) is 5.73 Å². The van der Waals surface area contributed by atoms with Crippen LogP contribution in [-0.2, 0) is 6.42 Å². The van der Waals surface area contributed by atoms with E-state index >= 15 is 0 Å². The second-order valence-electron chi connectivity index (χ2n) is 4.16. The van der Waals surface area contributed by atoms with Crippen LogP contribution in [0.4, 0.5) is 0 Å². The zero-order chi connectivity index (χ0) is 9.97. The molecule has 0 amide bonds. The molecule has 0 bridgehead atoms. The molecule has 1 aliphatic rings. The Morgan fingerprint density at radius 2 is 2.07 bits per heavy atom. The number of benzene rings is 1. The number of hydrogen-bond acceptors (Lipinski definition) is 2. The molecule has 1 saturated heterocycles. The summed E-state index contributed by atoms with van der Waals surface area (Å²) < 4.78 is 0. The fourth-order valence-electron chi connectivity index (χ4n) is 2.21. The van der Waals surface area contributed by atoms with Gasteiger partial charge in [-0.1, -0.05) is 24.3 Å². The van der Waals surface area contributed by atoms with Crippen molar-refractivity contribution in [2.75, 3.05) is 26.7 Å². The Labute approximate surface area is 85.7 Å². The number of nitrogens with zero attached hydrogens (tertiary/aromatic N) is 1. The van der Waals surface area contributed by atoms with Crippen LogP contribution in [0.1, 0.15) is 17.0 Å². The fraction of sp³-hybridized carbons (Fsp3) is 0.500. The van der Waals surface area contributed by atoms with E-state index in [0.717, 1.165) is 18.9 Å². The highest BCUT2D eigenvalue weighted by atomic mass is 15.2. The van der Waals surface area contributed by atoms with Gasteiger partial charge >= 0.3 is 0 Å². The van der Waals surface area contributed by atoms with Gasteiger partial charge in [0.1, 0.15) is 0 Å². The first kappa shape index (κ1) is 9.69. The zero-order valence-electron chi connectivity index (χ0n) is 8.74. The lowest BCUT2D eigenvalue weighted by Gasteiger charge is -2.37. The summed E-state index contributed by atoms with van der Waals surface area (Å²) in [4.78, 5) is 2.35. The first-order chi connectivity index (χ1) is 6.81. The Hall–Kier alpha value is -0.860. The lowest BCUT2D eigenvalue weighted by Crippen LogP contribution is -2.42. The Morgan fingerprint density at radius 3 is 2.71 bits per heavy atom. The SMILES string of the molecule is CN1CC(c2ccccc2CCN)C1. The minimum atomic E-state index is 0.739. The molecule has 1 aromatic carbocycles. The first-order valence-electron chi connectivity index (χ1n) is 5.27. The summed E-state index contributed by atoms with van der Waals surface area (Å²) in [6.07, 6.45) is 1.01.